The highest BCUT2D eigenvalue weighted by molar-refractivity contribution is 7.99. The first-order valence-corrected chi connectivity index (χ1v) is 8.55. The minimum absolute atomic E-state index is 0.0259. The minimum Gasteiger partial charge on any atom is -0.496 e. The Morgan fingerprint density at radius 3 is 2.60 bits per heavy atom. The third-order valence-electron chi connectivity index (χ3n) is 4.16. The number of benzene rings is 1. The van der Waals surface area contributed by atoms with Crippen molar-refractivity contribution in [2.24, 2.45) is 0 Å². The number of nitrogens with one attached hydrogen (secondary N) is 1. The lowest BCUT2D eigenvalue weighted by Gasteiger charge is -2.31. The molecule has 0 aromatic heterocycles. The lowest BCUT2D eigenvalue weighted by Crippen LogP contribution is -2.36. The number of halogens is 1. The average molecular weight is 297 g/mol. The zero-order valence-electron chi connectivity index (χ0n) is 12.5. The molecular weight excluding hydrogens is 273 g/mol. The second-order valence-electron chi connectivity index (χ2n) is 5.45. The smallest absolute Gasteiger partial charge is 0.131 e. The fraction of sp³-hybridized carbons (Fsp3) is 0.625. The number of hydrogen-bond donors (Lipinski definition) is 1. The number of ether oxygens (including phenoxy) is 1. The summed E-state index contributed by atoms with van der Waals surface area (Å²) in [5, 5.41) is 4.36. The standard InChI is InChI=1S/C16H24FNOS/c1-11(16-14(17)5-4-6-15(16)19-2)18-12-7-9-13(20-3)10-8-12/h4-6,11-13,18H,7-10H2,1-3H3. The van der Waals surface area contributed by atoms with Gasteiger partial charge in [0.1, 0.15) is 11.6 Å². The second-order valence-corrected chi connectivity index (χ2v) is 6.59. The molecule has 0 saturated heterocycles. The van der Waals surface area contributed by atoms with Crippen molar-refractivity contribution in [1.29, 1.82) is 0 Å². The van der Waals surface area contributed by atoms with E-state index in [0.717, 1.165) is 5.25 Å². The predicted octanol–water partition coefficient (Wildman–Crippen LogP) is 4.16. The van der Waals surface area contributed by atoms with E-state index in [0.29, 0.717) is 17.4 Å². The maximum Gasteiger partial charge on any atom is 0.131 e. The van der Waals surface area contributed by atoms with Gasteiger partial charge in [-0.25, -0.2) is 4.39 Å². The Morgan fingerprint density at radius 2 is 2.00 bits per heavy atom. The van der Waals surface area contributed by atoms with Gasteiger partial charge in [0, 0.05) is 22.9 Å². The summed E-state index contributed by atoms with van der Waals surface area (Å²) in [6, 6.07) is 5.47. The van der Waals surface area contributed by atoms with Crippen LogP contribution in [0.2, 0.25) is 0 Å². The molecule has 2 nitrogen and oxygen atoms in total. The van der Waals surface area contributed by atoms with Crippen molar-refractivity contribution in [2.75, 3.05) is 13.4 Å². The predicted molar refractivity (Wildman–Crippen MR) is 84.1 cm³/mol. The van der Waals surface area contributed by atoms with Crippen LogP contribution < -0.4 is 10.1 Å². The Kier molecular flexibility index (Phi) is 5.73. The van der Waals surface area contributed by atoms with Crippen molar-refractivity contribution >= 4 is 11.8 Å². The Hall–Kier alpha value is -0.740. The zero-order valence-corrected chi connectivity index (χ0v) is 13.3. The van der Waals surface area contributed by atoms with E-state index in [4.69, 9.17) is 4.74 Å². The van der Waals surface area contributed by atoms with E-state index in [-0.39, 0.29) is 11.9 Å². The topological polar surface area (TPSA) is 21.3 Å². The third-order valence-corrected chi connectivity index (χ3v) is 5.30. The first-order chi connectivity index (χ1) is 9.65. The van der Waals surface area contributed by atoms with Crippen LogP contribution in [0.4, 0.5) is 4.39 Å². The van der Waals surface area contributed by atoms with E-state index in [9.17, 15) is 4.39 Å². The number of hydrogen-bond acceptors (Lipinski definition) is 3. The summed E-state index contributed by atoms with van der Waals surface area (Å²) in [5.74, 6) is 0.435. The molecule has 1 atom stereocenters. The van der Waals surface area contributed by atoms with Gasteiger partial charge in [0.05, 0.1) is 7.11 Å². The number of rotatable bonds is 5. The number of thioether (sulfide) groups is 1. The van der Waals surface area contributed by atoms with Crippen LogP contribution in [0.5, 0.6) is 5.75 Å². The molecule has 0 spiro atoms. The van der Waals surface area contributed by atoms with Gasteiger partial charge >= 0.3 is 0 Å². The van der Waals surface area contributed by atoms with Crippen LogP contribution >= 0.6 is 11.8 Å². The largest absolute Gasteiger partial charge is 0.496 e. The van der Waals surface area contributed by atoms with Crippen LogP contribution in [0.15, 0.2) is 18.2 Å². The molecule has 0 heterocycles. The first-order valence-electron chi connectivity index (χ1n) is 7.27. The van der Waals surface area contributed by atoms with Gasteiger partial charge in [0.25, 0.3) is 0 Å². The van der Waals surface area contributed by atoms with E-state index in [2.05, 4.69) is 11.6 Å². The van der Waals surface area contributed by atoms with E-state index in [1.807, 2.05) is 24.8 Å². The van der Waals surface area contributed by atoms with Crippen molar-refractivity contribution in [3.63, 3.8) is 0 Å². The lowest BCUT2D eigenvalue weighted by atomic mass is 9.93. The van der Waals surface area contributed by atoms with E-state index in [1.54, 1.807) is 13.2 Å². The van der Waals surface area contributed by atoms with Gasteiger partial charge < -0.3 is 10.1 Å². The van der Waals surface area contributed by atoms with Crippen LogP contribution in [-0.2, 0) is 0 Å². The van der Waals surface area contributed by atoms with Crippen LogP contribution in [0.25, 0.3) is 0 Å². The highest BCUT2D eigenvalue weighted by atomic mass is 32.2. The Labute approximate surface area is 125 Å². The molecule has 1 aromatic rings. The summed E-state index contributed by atoms with van der Waals surface area (Å²) in [6.07, 6.45) is 7.03. The van der Waals surface area contributed by atoms with Gasteiger partial charge in [-0.15, -0.1) is 0 Å². The molecule has 1 saturated carbocycles. The van der Waals surface area contributed by atoms with Gasteiger partial charge in [-0.05, 0) is 51.0 Å². The van der Waals surface area contributed by atoms with Crippen LogP contribution in [0.1, 0.15) is 44.2 Å². The van der Waals surface area contributed by atoms with Crippen molar-refractivity contribution in [2.45, 2.75) is 49.9 Å². The molecule has 1 N–H and O–H groups in total. The molecule has 1 aliphatic carbocycles. The van der Waals surface area contributed by atoms with E-state index >= 15 is 0 Å². The molecule has 1 unspecified atom stereocenters. The summed E-state index contributed by atoms with van der Waals surface area (Å²) in [6.45, 7) is 2.02. The lowest BCUT2D eigenvalue weighted by molar-refractivity contribution is 0.338. The fourth-order valence-corrected chi connectivity index (χ4v) is 3.76. The van der Waals surface area contributed by atoms with E-state index < -0.39 is 0 Å². The summed E-state index contributed by atoms with van der Waals surface area (Å²) in [4.78, 5) is 0. The normalized spacial score (nSPS) is 24.4. The molecule has 1 fully saturated rings. The highest BCUT2D eigenvalue weighted by Gasteiger charge is 2.24. The third kappa shape index (κ3) is 3.67. The van der Waals surface area contributed by atoms with Gasteiger partial charge in [-0.3, -0.25) is 0 Å². The molecule has 112 valence electrons. The fourth-order valence-electron chi connectivity index (χ4n) is 3.02. The van der Waals surface area contributed by atoms with Crippen molar-refractivity contribution < 1.29 is 9.13 Å². The first kappa shape index (κ1) is 15.6. The molecule has 4 heteroatoms. The van der Waals surface area contributed by atoms with Crippen LogP contribution in [-0.4, -0.2) is 24.7 Å². The monoisotopic (exact) mass is 297 g/mol. The molecule has 2 rings (SSSR count). The molecule has 1 aliphatic rings. The van der Waals surface area contributed by atoms with Gasteiger partial charge in [0.2, 0.25) is 0 Å². The molecule has 0 radical (unpaired) electrons. The SMILES string of the molecule is COc1cccc(F)c1C(C)NC1CCC(SC)CC1. The maximum absolute atomic E-state index is 14.0. The average Bonchev–Trinajstić information content (AvgIpc) is 2.47. The Morgan fingerprint density at radius 1 is 1.30 bits per heavy atom. The molecule has 0 aliphatic heterocycles. The molecular formula is C16H24FNOS. The van der Waals surface area contributed by atoms with E-state index in [1.165, 1.54) is 31.7 Å². The van der Waals surface area contributed by atoms with Crippen molar-refractivity contribution in [1.82, 2.24) is 5.32 Å². The summed E-state index contributed by atoms with van der Waals surface area (Å²) in [7, 11) is 1.59. The highest BCUT2D eigenvalue weighted by Crippen LogP contribution is 2.31. The minimum atomic E-state index is -0.192. The number of methoxy groups -OCH3 is 1. The Balaban J connectivity index is 2.00. The maximum atomic E-state index is 14.0. The quantitative estimate of drug-likeness (QED) is 0.882. The van der Waals surface area contributed by atoms with Crippen molar-refractivity contribution in [3.05, 3.63) is 29.6 Å². The summed E-state index contributed by atoms with van der Waals surface area (Å²) < 4.78 is 19.3. The van der Waals surface area contributed by atoms with Gasteiger partial charge in [0.15, 0.2) is 0 Å². The molecule has 20 heavy (non-hydrogen) atoms. The van der Waals surface area contributed by atoms with Crippen LogP contribution in [0, 0.1) is 5.82 Å². The Bertz CT molecular complexity index is 432. The van der Waals surface area contributed by atoms with Gasteiger partial charge in [-0.2, -0.15) is 11.8 Å². The second kappa shape index (κ2) is 7.32. The van der Waals surface area contributed by atoms with Crippen LogP contribution in [0.3, 0.4) is 0 Å². The summed E-state index contributed by atoms with van der Waals surface area (Å²) >= 11 is 1.96. The molecule has 0 amide bonds. The molecule has 1 aromatic carbocycles. The van der Waals surface area contributed by atoms with Gasteiger partial charge in [-0.1, -0.05) is 6.07 Å². The zero-order chi connectivity index (χ0) is 14.5. The van der Waals surface area contributed by atoms with Crippen molar-refractivity contribution in [3.8, 4) is 5.75 Å². The summed E-state index contributed by atoms with van der Waals surface area (Å²) in [5.41, 5.74) is 0.641. The molecule has 0 bridgehead atoms.